The number of nitrogens with zero attached hydrogens (tertiary/aromatic N) is 3. The first-order chi connectivity index (χ1) is 13.9. The first kappa shape index (κ1) is 19.3. The van der Waals surface area contributed by atoms with Crippen molar-refractivity contribution in [3.05, 3.63) is 82.1 Å². The molecule has 0 aliphatic heterocycles. The van der Waals surface area contributed by atoms with Gasteiger partial charge in [-0.05, 0) is 24.3 Å². The Morgan fingerprint density at radius 3 is 2.52 bits per heavy atom. The molecule has 0 spiro atoms. The number of hydrogen-bond donors (Lipinski definition) is 1. The van der Waals surface area contributed by atoms with E-state index in [2.05, 4.69) is 15.4 Å². The van der Waals surface area contributed by atoms with Crippen LogP contribution in [0.4, 0.5) is 14.5 Å². The van der Waals surface area contributed by atoms with Crippen molar-refractivity contribution in [1.29, 1.82) is 0 Å². The second kappa shape index (κ2) is 7.77. The molecule has 146 valence electrons. The summed E-state index contributed by atoms with van der Waals surface area (Å²) in [7, 11) is 0. The van der Waals surface area contributed by atoms with E-state index in [-0.39, 0.29) is 21.9 Å². The molecule has 0 saturated carbocycles. The third-order valence-electron chi connectivity index (χ3n) is 4.22. The predicted molar refractivity (Wildman–Crippen MR) is 108 cm³/mol. The van der Waals surface area contributed by atoms with Crippen molar-refractivity contribution in [1.82, 2.24) is 14.6 Å². The largest absolute Gasteiger partial charge is 0.320 e. The number of rotatable bonds is 4. The normalized spacial score (nSPS) is 11.2. The topological polar surface area (TPSA) is 59.3 Å². The van der Waals surface area contributed by atoms with E-state index in [0.29, 0.717) is 22.0 Å². The van der Waals surface area contributed by atoms with Gasteiger partial charge in [0.05, 0.1) is 22.6 Å². The average molecular weight is 433 g/mol. The molecular formula is C20H12Cl2F2N4O. The summed E-state index contributed by atoms with van der Waals surface area (Å²) in [4.78, 5) is 17.2. The van der Waals surface area contributed by atoms with E-state index in [1.165, 1.54) is 18.3 Å². The molecule has 1 N–H and O–H groups in total. The van der Waals surface area contributed by atoms with Gasteiger partial charge in [0.2, 0.25) is 0 Å². The molecule has 0 radical (unpaired) electrons. The summed E-state index contributed by atoms with van der Waals surface area (Å²) in [6.45, 7) is 0. The number of nitrogens with one attached hydrogen (secondary N) is 1. The Bertz CT molecular complexity index is 1210. The van der Waals surface area contributed by atoms with Gasteiger partial charge in [0.1, 0.15) is 11.3 Å². The fraction of sp³-hybridized carbons (Fsp3) is 0.0500. The lowest BCUT2D eigenvalue weighted by atomic mass is 10.1. The highest BCUT2D eigenvalue weighted by Crippen LogP contribution is 2.28. The summed E-state index contributed by atoms with van der Waals surface area (Å²) in [5.41, 5.74) is 0.976. The van der Waals surface area contributed by atoms with E-state index in [0.717, 1.165) is 4.52 Å². The van der Waals surface area contributed by atoms with Crippen molar-refractivity contribution in [3.8, 4) is 11.3 Å². The number of fused-ring (bicyclic) bond motifs is 1. The summed E-state index contributed by atoms with van der Waals surface area (Å²) in [6.07, 6.45) is -1.60. The molecule has 0 saturated heterocycles. The zero-order chi connectivity index (χ0) is 20.5. The number of halogens is 4. The maximum atomic E-state index is 13.6. The van der Waals surface area contributed by atoms with Crippen LogP contribution in [0.1, 0.15) is 22.5 Å². The average Bonchev–Trinajstić information content (AvgIpc) is 3.14. The van der Waals surface area contributed by atoms with Gasteiger partial charge in [-0.15, -0.1) is 0 Å². The van der Waals surface area contributed by atoms with Crippen molar-refractivity contribution >= 4 is 40.4 Å². The molecule has 29 heavy (non-hydrogen) atoms. The molecule has 2 aromatic heterocycles. The van der Waals surface area contributed by atoms with Gasteiger partial charge in [0.25, 0.3) is 12.3 Å². The van der Waals surface area contributed by atoms with Crippen molar-refractivity contribution in [2.45, 2.75) is 6.43 Å². The van der Waals surface area contributed by atoms with E-state index in [4.69, 9.17) is 23.2 Å². The molecule has 4 aromatic rings. The second-order valence-corrected chi connectivity index (χ2v) is 6.95. The van der Waals surface area contributed by atoms with Gasteiger partial charge < -0.3 is 5.32 Å². The standard InChI is InChI=1S/C20H12Cl2F2N4O/c21-12-6-7-15(14(22)8-12)27-20(29)13-10-25-28-17(18(23)24)9-16(26-19(13)28)11-4-2-1-3-5-11/h1-10,18H,(H,27,29). The maximum absolute atomic E-state index is 13.6. The number of aromatic nitrogens is 3. The van der Waals surface area contributed by atoms with Crippen LogP contribution in [0.15, 0.2) is 60.8 Å². The molecule has 0 unspecified atom stereocenters. The Morgan fingerprint density at radius 2 is 1.83 bits per heavy atom. The van der Waals surface area contributed by atoms with E-state index < -0.39 is 12.3 Å². The second-order valence-electron chi connectivity index (χ2n) is 6.10. The van der Waals surface area contributed by atoms with Gasteiger partial charge in [-0.2, -0.15) is 5.10 Å². The van der Waals surface area contributed by atoms with Crippen LogP contribution in [0.2, 0.25) is 10.0 Å². The van der Waals surface area contributed by atoms with Gasteiger partial charge in [0, 0.05) is 10.6 Å². The number of alkyl halides is 2. The molecule has 0 aliphatic carbocycles. The minimum Gasteiger partial charge on any atom is -0.320 e. The third kappa shape index (κ3) is 3.79. The highest BCUT2D eigenvalue weighted by Gasteiger charge is 2.22. The van der Waals surface area contributed by atoms with Gasteiger partial charge in [-0.25, -0.2) is 18.3 Å². The number of hydrogen-bond acceptors (Lipinski definition) is 3. The fourth-order valence-corrected chi connectivity index (χ4v) is 3.29. The summed E-state index contributed by atoms with van der Waals surface area (Å²) in [5.74, 6) is -0.581. The number of anilines is 1. The summed E-state index contributed by atoms with van der Waals surface area (Å²) in [5, 5.41) is 7.22. The highest BCUT2D eigenvalue weighted by atomic mass is 35.5. The van der Waals surface area contributed by atoms with Crippen LogP contribution >= 0.6 is 23.2 Å². The monoisotopic (exact) mass is 432 g/mol. The highest BCUT2D eigenvalue weighted by molar-refractivity contribution is 6.36. The molecule has 0 fully saturated rings. The smallest absolute Gasteiger partial charge is 0.280 e. The van der Waals surface area contributed by atoms with Crippen molar-refractivity contribution in [2.75, 3.05) is 5.32 Å². The molecule has 5 nitrogen and oxygen atoms in total. The summed E-state index contributed by atoms with van der Waals surface area (Å²) < 4.78 is 28.2. The van der Waals surface area contributed by atoms with Gasteiger partial charge in [-0.1, -0.05) is 53.5 Å². The predicted octanol–water partition coefficient (Wildman–Crippen LogP) is 5.89. The van der Waals surface area contributed by atoms with Crippen molar-refractivity contribution < 1.29 is 13.6 Å². The Hall–Kier alpha value is -3.03. The Morgan fingerprint density at radius 1 is 1.07 bits per heavy atom. The van der Waals surface area contributed by atoms with Crippen LogP contribution in [-0.2, 0) is 0 Å². The molecule has 0 bridgehead atoms. The first-order valence-corrected chi connectivity index (χ1v) is 9.18. The Balaban J connectivity index is 1.80. The van der Waals surface area contributed by atoms with Crippen LogP contribution in [-0.4, -0.2) is 20.5 Å². The number of benzene rings is 2. The molecule has 2 aromatic carbocycles. The lowest BCUT2D eigenvalue weighted by Gasteiger charge is -2.09. The van der Waals surface area contributed by atoms with E-state index in [1.54, 1.807) is 36.4 Å². The molecule has 1 amide bonds. The van der Waals surface area contributed by atoms with E-state index >= 15 is 0 Å². The number of amides is 1. The van der Waals surface area contributed by atoms with Crippen molar-refractivity contribution in [2.24, 2.45) is 0 Å². The lowest BCUT2D eigenvalue weighted by molar-refractivity contribution is 0.102. The zero-order valence-electron chi connectivity index (χ0n) is 14.6. The SMILES string of the molecule is O=C(Nc1ccc(Cl)cc1Cl)c1cnn2c(C(F)F)cc(-c3ccccc3)nc12. The quantitative estimate of drug-likeness (QED) is 0.437. The van der Waals surface area contributed by atoms with Crippen LogP contribution < -0.4 is 5.32 Å². The minimum atomic E-state index is -2.80. The number of carbonyl (C=O) groups excluding carboxylic acids is 1. The fourth-order valence-electron chi connectivity index (χ4n) is 2.84. The van der Waals surface area contributed by atoms with Crippen LogP contribution in [0.25, 0.3) is 16.9 Å². The van der Waals surface area contributed by atoms with Crippen LogP contribution in [0.5, 0.6) is 0 Å². The summed E-state index contributed by atoms with van der Waals surface area (Å²) >= 11 is 12.0. The molecular weight excluding hydrogens is 421 g/mol. The van der Waals surface area contributed by atoms with Gasteiger partial charge >= 0.3 is 0 Å². The maximum Gasteiger partial charge on any atom is 0.280 e. The van der Waals surface area contributed by atoms with Gasteiger partial charge in [0.15, 0.2) is 5.65 Å². The molecule has 4 rings (SSSR count). The Labute approximate surface area is 173 Å². The lowest BCUT2D eigenvalue weighted by Crippen LogP contribution is -2.13. The van der Waals surface area contributed by atoms with Gasteiger partial charge in [-0.3, -0.25) is 4.79 Å². The third-order valence-corrected chi connectivity index (χ3v) is 4.76. The Kier molecular flexibility index (Phi) is 5.17. The first-order valence-electron chi connectivity index (χ1n) is 8.42. The molecule has 2 heterocycles. The zero-order valence-corrected chi connectivity index (χ0v) is 16.1. The van der Waals surface area contributed by atoms with E-state index in [9.17, 15) is 13.6 Å². The van der Waals surface area contributed by atoms with Crippen LogP contribution in [0.3, 0.4) is 0 Å². The molecule has 0 aliphatic rings. The molecule has 0 atom stereocenters. The summed E-state index contributed by atoms with van der Waals surface area (Å²) in [6, 6.07) is 14.7. The van der Waals surface area contributed by atoms with Crippen molar-refractivity contribution in [3.63, 3.8) is 0 Å². The minimum absolute atomic E-state index is 0.0178. The molecule has 9 heteroatoms. The van der Waals surface area contributed by atoms with E-state index in [1.807, 2.05) is 6.07 Å². The van der Waals surface area contributed by atoms with Crippen LogP contribution in [0, 0.1) is 0 Å². The number of carbonyl (C=O) groups is 1.